The number of rotatable bonds is 11. The van der Waals surface area contributed by atoms with E-state index >= 15 is 0 Å². The minimum atomic E-state index is -0.181. The Morgan fingerprint density at radius 1 is 1.35 bits per heavy atom. The molecule has 1 fully saturated rings. The molecular formula is C22H32N4O5. The zero-order valence-corrected chi connectivity index (χ0v) is 18.3. The average molecular weight is 433 g/mol. The lowest BCUT2D eigenvalue weighted by Gasteiger charge is -2.30. The van der Waals surface area contributed by atoms with Crippen molar-refractivity contribution in [3.05, 3.63) is 35.2 Å². The lowest BCUT2D eigenvalue weighted by molar-refractivity contribution is 0.0944. The van der Waals surface area contributed by atoms with Gasteiger partial charge in [-0.3, -0.25) is 4.79 Å². The highest BCUT2D eigenvalue weighted by Gasteiger charge is 2.23. The number of carbonyl (C=O) groups excluding carboxylic acids is 1. The molecule has 9 nitrogen and oxygen atoms in total. The molecule has 31 heavy (non-hydrogen) atoms. The van der Waals surface area contributed by atoms with E-state index in [-0.39, 0.29) is 19.1 Å². The monoisotopic (exact) mass is 432 g/mol. The third-order valence-corrected chi connectivity index (χ3v) is 5.48. The van der Waals surface area contributed by atoms with Gasteiger partial charge in [-0.15, -0.1) is 0 Å². The van der Waals surface area contributed by atoms with Crippen LogP contribution in [0.5, 0.6) is 5.75 Å². The number of hydrogen-bond acceptors (Lipinski definition) is 8. The third-order valence-electron chi connectivity index (χ3n) is 5.48. The van der Waals surface area contributed by atoms with E-state index in [4.69, 9.17) is 19.1 Å². The highest BCUT2D eigenvalue weighted by atomic mass is 16.5. The van der Waals surface area contributed by atoms with Gasteiger partial charge in [-0.1, -0.05) is 5.16 Å². The number of amides is 1. The van der Waals surface area contributed by atoms with E-state index in [1.54, 1.807) is 13.2 Å². The second-order valence-corrected chi connectivity index (χ2v) is 7.80. The van der Waals surface area contributed by atoms with Gasteiger partial charge in [0, 0.05) is 32.3 Å². The Morgan fingerprint density at radius 3 is 2.87 bits per heavy atom. The number of carbonyl (C=O) groups is 1. The fourth-order valence-electron chi connectivity index (χ4n) is 3.78. The molecule has 1 amide bonds. The van der Waals surface area contributed by atoms with E-state index in [1.165, 1.54) is 0 Å². The summed E-state index contributed by atoms with van der Waals surface area (Å²) in [6, 6.07) is 6.05. The zero-order valence-electron chi connectivity index (χ0n) is 18.3. The number of benzene rings is 1. The molecule has 1 aromatic heterocycles. The van der Waals surface area contributed by atoms with Crippen LogP contribution in [0.4, 0.5) is 6.01 Å². The molecule has 1 aliphatic heterocycles. The summed E-state index contributed by atoms with van der Waals surface area (Å²) in [6.07, 6.45) is 4.30. The van der Waals surface area contributed by atoms with E-state index in [2.05, 4.69) is 20.4 Å². The van der Waals surface area contributed by atoms with E-state index in [9.17, 15) is 4.79 Å². The summed E-state index contributed by atoms with van der Waals surface area (Å²) in [4.78, 5) is 18.5. The number of aromatic nitrogens is 2. The van der Waals surface area contributed by atoms with Gasteiger partial charge in [0.05, 0.1) is 13.2 Å². The number of piperidine rings is 1. The first kappa shape index (κ1) is 23.0. The molecule has 9 heteroatoms. The molecule has 2 N–H and O–H groups in total. The maximum atomic E-state index is 12.0. The van der Waals surface area contributed by atoms with Crippen molar-refractivity contribution in [1.29, 1.82) is 0 Å². The van der Waals surface area contributed by atoms with Gasteiger partial charge in [-0.2, -0.15) is 4.98 Å². The normalized spacial score (nSPS) is 14.6. The molecule has 0 radical (unpaired) electrons. The number of methoxy groups -OCH3 is 1. The Bertz CT molecular complexity index is 833. The highest BCUT2D eigenvalue weighted by Crippen LogP contribution is 2.25. The highest BCUT2D eigenvalue weighted by molar-refractivity contribution is 5.95. The van der Waals surface area contributed by atoms with Crippen LogP contribution in [0.25, 0.3) is 0 Å². The average Bonchev–Trinajstić information content (AvgIpc) is 3.24. The first-order chi connectivity index (χ1) is 15.1. The Labute approximate surface area is 182 Å². The largest absolute Gasteiger partial charge is 0.494 e. The fourth-order valence-corrected chi connectivity index (χ4v) is 3.78. The maximum Gasteiger partial charge on any atom is 0.324 e. The van der Waals surface area contributed by atoms with Crippen LogP contribution in [-0.4, -0.2) is 61.1 Å². The number of ether oxygens (including phenoxy) is 2. The molecule has 1 aliphatic rings. The van der Waals surface area contributed by atoms with Crippen molar-refractivity contribution >= 4 is 11.9 Å². The fraction of sp³-hybridized carbons (Fsp3) is 0.591. The molecule has 0 saturated carbocycles. The minimum Gasteiger partial charge on any atom is -0.494 e. The summed E-state index contributed by atoms with van der Waals surface area (Å²) in [6.45, 7) is 4.91. The molecule has 0 unspecified atom stereocenters. The Hall–Kier alpha value is -2.65. The molecule has 0 bridgehead atoms. The van der Waals surface area contributed by atoms with Gasteiger partial charge in [0.1, 0.15) is 12.4 Å². The van der Waals surface area contributed by atoms with Crippen LogP contribution in [0.3, 0.4) is 0 Å². The standard InChI is InChI=1S/C22H32N4O5/c1-16-14-18(5-6-19(16)21(28)23-9-12-27)30-13-3-4-17-7-10-26(11-8-17)22-24-20(15-29-2)25-31-22/h5-6,14,17,27H,3-4,7-13,15H2,1-2H3,(H,23,28). The molecule has 0 spiro atoms. The molecule has 3 rings (SSSR count). The maximum absolute atomic E-state index is 12.0. The first-order valence-corrected chi connectivity index (χ1v) is 10.8. The summed E-state index contributed by atoms with van der Waals surface area (Å²) in [7, 11) is 1.61. The molecule has 0 atom stereocenters. The van der Waals surface area contributed by atoms with Crippen molar-refractivity contribution in [2.45, 2.75) is 39.2 Å². The smallest absolute Gasteiger partial charge is 0.324 e. The molecule has 2 heterocycles. The van der Waals surface area contributed by atoms with Crippen LogP contribution in [0, 0.1) is 12.8 Å². The van der Waals surface area contributed by atoms with Crippen LogP contribution >= 0.6 is 0 Å². The quantitative estimate of drug-likeness (QED) is 0.521. The molecule has 1 saturated heterocycles. The minimum absolute atomic E-state index is 0.0722. The molecule has 2 aromatic rings. The van der Waals surface area contributed by atoms with Crippen LogP contribution in [0.1, 0.15) is 47.4 Å². The van der Waals surface area contributed by atoms with Crippen molar-refractivity contribution in [1.82, 2.24) is 15.5 Å². The second-order valence-electron chi connectivity index (χ2n) is 7.80. The van der Waals surface area contributed by atoms with Crippen LogP contribution < -0.4 is 15.0 Å². The number of aliphatic hydroxyl groups is 1. The van der Waals surface area contributed by atoms with Crippen molar-refractivity contribution in [2.75, 3.05) is 44.9 Å². The van der Waals surface area contributed by atoms with Crippen LogP contribution in [0.2, 0.25) is 0 Å². The van der Waals surface area contributed by atoms with Gasteiger partial charge in [0.2, 0.25) is 0 Å². The van der Waals surface area contributed by atoms with Gasteiger partial charge in [-0.25, -0.2) is 0 Å². The summed E-state index contributed by atoms with van der Waals surface area (Å²) >= 11 is 0. The SMILES string of the molecule is COCc1noc(N2CCC(CCCOc3ccc(C(=O)NCCO)c(C)c3)CC2)n1. The number of anilines is 1. The first-order valence-electron chi connectivity index (χ1n) is 10.8. The van der Waals surface area contributed by atoms with E-state index in [0.29, 0.717) is 36.5 Å². The predicted molar refractivity (Wildman–Crippen MR) is 115 cm³/mol. The van der Waals surface area contributed by atoms with Gasteiger partial charge >= 0.3 is 6.01 Å². The van der Waals surface area contributed by atoms with Gasteiger partial charge in [-0.05, 0) is 62.3 Å². The topological polar surface area (TPSA) is 110 Å². The van der Waals surface area contributed by atoms with Gasteiger partial charge in [0.15, 0.2) is 5.82 Å². The number of aliphatic hydroxyl groups excluding tert-OH is 1. The molecular weight excluding hydrogens is 400 g/mol. The van der Waals surface area contributed by atoms with E-state index < -0.39 is 0 Å². The lowest BCUT2D eigenvalue weighted by Crippen LogP contribution is -2.34. The molecule has 170 valence electrons. The Morgan fingerprint density at radius 2 is 2.16 bits per heavy atom. The van der Waals surface area contributed by atoms with Crippen molar-refractivity contribution in [3.8, 4) is 5.75 Å². The summed E-state index contributed by atoms with van der Waals surface area (Å²) < 4.78 is 16.2. The zero-order chi connectivity index (χ0) is 22.1. The molecule has 1 aromatic carbocycles. The van der Waals surface area contributed by atoms with Crippen LogP contribution in [-0.2, 0) is 11.3 Å². The lowest BCUT2D eigenvalue weighted by atomic mass is 9.92. The van der Waals surface area contributed by atoms with Crippen molar-refractivity contribution in [3.63, 3.8) is 0 Å². The number of hydrogen-bond donors (Lipinski definition) is 2. The Kier molecular flexibility index (Phi) is 8.66. The van der Waals surface area contributed by atoms with Crippen LogP contribution in [0.15, 0.2) is 22.7 Å². The molecule has 0 aliphatic carbocycles. The van der Waals surface area contributed by atoms with E-state index in [0.717, 1.165) is 50.1 Å². The van der Waals surface area contributed by atoms with Crippen molar-refractivity contribution in [2.24, 2.45) is 5.92 Å². The third kappa shape index (κ3) is 6.67. The Balaban J connectivity index is 1.36. The predicted octanol–water partition coefficient (Wildman–Crippen LogP) is 2.32. The second kappa shape index (κ2) is 11.7. The summed E-state index contributed by atoms with van der Waals surface area (Å²) in [5.74, 6) is 1.83. The van der Waals surface area contributed by atoms with Crippen molar-refractivity contribution < 1.29 is 23.9 Å². The van der Waals surface area contributed by atoms with Gasteiger partial charge in [0.25, 0.3) is 5.91 Å². The number of nitrogens with one attached hydrogen (secondary N) is 1. The summed E-state index contributed by atoms with van der Waals surface area (Å²) in [5, 5.41) is 15.4. The van der Waals surface area contributed by atoms with Gasteiger partial charge < -0.3 is 29.3 Å². The van der Waals surface area contributed by atoms with E-state index in [1.807, 2.05) is 19.1 Å². The number of nitrogens with zero attached hydrogens (tertiary/aromatic N) is 3. The number of aryl methyl sites for hydroxylation is 1. The summed E-state index contributed by atoms with van der Waals surface area (Å²) in [5.41, 5.74) is 1.46.